The maximum atomic E-state index is 5.23. The van der Waals surface area contributed by atoms with E-state index in [1.807, 2.05) is 0 Å². The molecule has 0 bridgehead atoms. The second-order valence-electron chi connectivity index (χ2n) is 4.02. The number of hydrogen-bond donors (Lipinski definition) is 0. The Kier molecular flexibility index (Phi) is 3.82. The van der Waals surface area contributed by atoms with Crippen LogP contribution in [0.5, 0.6) is 0 Å². The fraction of sp³-hybridized carbons (Fsp3) is 0.583. The molecule has 5 radical (unpaired) electrons. The van der Waals surface area contributed by atoms with Crippen molar-refractivity contribution in [3.8, 4) is 0 Å². The minimum absolute atomic E-state index is 0.634. The smallest absolute Gasteiger partial charge is 0.0618 e. The van der Waals surface area contributed by atoms with Crippen LogP contribution in [0.15, 0.2) is 0 Å². The van der Waals surface area contributed by atoms with Gasteiger partial charge in [-0.25, -0.2) is 0 Å². The summed E-state index contributed by atoms with van der Waals surface area (Å²) in [5.41, 5.74) is 0. The van der Waals surface area contributed by atoms with Gasteiger partial charge in [-0.3, -0.25) is 4.90 Å². The Bertz CT molecular complexity index is 166. The molecule has 0 amide bonds. The SMILES string of the molecule is COC[C@@H]1CCCN1C[C]1[CH][CH][CH][CH]1. The van der Waals surface area contributed by atoms with Crippen LogP contribution in [-0.4, -0.2) is 37.7 Å². The van der Waals surface area contributed by atoms with Crippen LogP contribution in [-0.2, 0) is 4.74 Å². The van der Waals surface area contributed by atoms with Crippen LogP contribution in [0.4, 0.5) is 0 Å². The average Bonchev–Trinajstić information content (AvgIpc) is 2.80. The zero-order chi connectivity index (χ0) is 9.80. The molecule has 2 rings (SSSR count). The van der Waals surface area contributed by atoms with Crippen molar-refractivity contribution in [2.75, 3.05) is 26.8 Å². The summed E-state index contributed by atoms with van der Waals surface area (Å²) in [5.74, 6) is 1.42. The Labute approximate surface area is 87.6 Å². The van der Waals surface area contributed by atoms with Gasteiger partial charge in [0.1, 0.15) is 0 Å². The van der Waals surface area contributed by atoms with E-state index in [0.29, 0.717) is 6.04 Å². The lowest BCUT2D eigenvalue weighted by Crippen LogP contribution is -2.35. The molecule has 1 atom stereocenters. The zero-order valence-corrected chi connectivity index (χ0v) is 8.78. The van der Waals surface area contributed by atoms with Crippen LogP contribution in [0, 0.1) is 31.6 Å². The largest absolute Gasteiger partial charge is 0.383 e. The molecule has 0 unspecified atom stereocenters. The summed E-state index contributed by atoms with van der Waals surface area (Å²) in [4.78, 5) is 2.53. The van der Waals surface area contributed by atoms with Crippen molar-refractivity contribution in [3.05, 3.63) is 31.6 Å². The third-order valence-electron chi connectivity index (χ3n) is 2.98. The van der Waals surface area contributed by atoms with E-state index in [-0.39, 0.29) is 0 Å². The number of methoxy groups -OCH3 is 1. The van der Waals surface area contributed by atoms with Gasteiger partial charge in [-0.2, -0.15) is 0 Å². The molecular formula is C12H18NO. The predicted octanol–water partition coefficient (Wildman–Crippen LogP) is 1.50. The second-order valence-corrected chi connectivity index (χ2v) is 4.02. The van der Waals surface area contributed by atoms with E-state index in [2.05, 4.69) is 30.6 Å². The first-order valence-electron chi connectivity index (χ1n) is 5.33. The molecule has 77 valence electrons. The fourth-order valence-electron chi connectivity index (χ4n) is 2.24. The molecule has 1 saturated carbocycles. The van der Waals surface area contributed by atoms with Crippen molar-refractivity contribution in [2.45, 2.75) is 18.9 Å². The number of hydrogen-bond acceptors (Lipinski definition) is 2. The molecule has 0 N–H and O–H groups in total. The summed E-state index contributed by atoms with van der Waals surface area (Å²) in [6.07, 6.45) is 11.2. The Morgan fingerprint density at radius 3 is 2.93 bits per heavy atom. The van der Waals surface area contributed by atoms with Crippen molar-refractivity contribution in [2.24, 2.45) is 0 Å². The van der Waals surface area contributed by atoms with Gasteiger partial charge >= 0.3 is 0 Å². The third kappa shape index (κ3) is 2.48. The zero-order valence-electron chi connectivity index (χ0n) is 8.78. The van der Waals surface area contributed by atoms with E-state index >= 15 is 0 Å². The maximum absolute atomic E-state index is 5.23. The van der Waals surface area contributed by atoms with Crippen molar-refractivity contribution < 1.29 is 4.74 Å². The molecule has 2 nitrogen and oxygen atoms in total. The van der Waals surface area contributed by atoms with Gasteiger partial charge in [-0.1, -0.05) is 0 Å². The lowest BCUT2D eigenvalue weighted by molar-refractivity contribution is 0.119. The molecule has 14 heavy (non-hydrogen) atoms. The van der Waals surface area contributed by atoms with Crippen molar-refractivity contribution in [1.82, 2.24) is 4.90 Å². The minimum Gasteiger partial charge on any atom is -0.383 e. The van der Waals surface area contributed by atoms with Crippen LogP contribution in [0.25, 0.3) is 0 Å². The molecule has 0 spiro atoms. The average molecular weight is 192 g/mol. The first kappa shape index (κ1) is 10.4. The summed E-state index contributed by atoms with van der Waals surface area (Å²) < 4.78 is 5.23. The van der Waals surface area contributed by atoms with Crippen molar-refractivity contribution >= 4 is 0 Å². The Morgan fingerprint density at radius 2 is 2.21 bits per heavy atom. The lowest BCUT2D eigenvalue weighted by atomic mass is 10.1. The highest BCUT2D eigenvalue weighted by atomic mass is 16.5. The molecule has 1 saturated heterocycles. The standard InChI is InChI=1S/C12H18NO/c1-14-10-12-7-4-8-13(12)9-11-5-2-3-6-11/h2-3,5-6,12H,4,7-10H2,1H3/t12-/m0/s1. The van der Waals surface area contributed by atoms with E-state index in [1.54, 1.807) is 7.11 Å². The van der Waals surface area contributed by atoms with Crippen LogP contribution in [0.1, 0.15) is 12.8 Å². The lowest BCUT2D eigenvalue weighted by Gasteiger charge is -2.26. The van der Waals surface area contributed by atoms with E-state index in [9.17, 15) is 0 Å². The molecular weight excluding hydrogens is 174 g/mol. The first-order chi connectivity index (χ1) is 6.90. The summed E-state index contributed by atoms with van der Waals surface area (Å²) >= 11 is 0. The van der Waals surface area contributed by atoms with Crippen LogP contribution >= 0.6 is 0 Å². The molecule has 1 heterocycles. The number of rotatable bonds is 4. The molecule has 0 aromatic carbocycles. The molecule has 1 aliphatic heterocycles. The summed E-state index contributed by atoms with van der Waals surface area (Å²) in [6, 6.07) is 0.634. The van der Waals surface area contributed by atoms with E-state index in [0.717, 1.165) is 13.2 Å². The van der Waals surface area contributed by atoms with Gasteiger partial charge in [0.25, 0.3) is 0 Å². The van der Waals surface area contributed by atoms with E-state index < -0.39 is 0 Å². The number of ether oxygens (including phenoxy) is 1. The monoisotopic (exact) mass is 192 g/mol. The quantitative estimate of drug-likeness (QED) is 0.669. The topological polar surface area (TPSA) is 12.5 Å². The predicted molar refractivity (Wildman–Crippen MR) is 56.9 cm³/mol. The van der Waals surface area contributed by atoms with Gasteiger partial charge < -0.3 is 4.74 Å². The van der Waals surface area contributed by atoms with Crippen molar-refractivity contribution in [3.63, 3.8) is 0 Å². The molecule has 2 aliphatic rings. The number of nitrogens with zero attached hydrogens (tertiary/aromatic N) is 1. The molecule has 0 aromatic heterocycles. The number of likely N-dealkylation sites (tertiary alicyclic amines) is 1. The van der Waals surface area contributed by atoms with Gasteiger partial charge in [-0.05, 0) is 51.0 Å². The highest BCUT2D eigenvalue weighted by Gasteiger charge is 2.28. The summed E-state index contributed by atoms with van der Waals surface area (Å²) in [6.45, 7) is 3.18. The van der Waals surface area contributed by atoms with Crippen LogP contribution in [0.2, 0.25) is 0 Å². The highest BCUT2D eigenvalue weighted by Crippen LogP contribution is 2.27. The second kappa shape index (κ2) is 5.13. The minimum atomic E-state index is 0.634. The Morgan fingerprint density at radius 1 is 1.43 bits per heavy atom. The summed E-state index contributed by atoms with van der Waals surface area (Å²) in [7, 11) is 1.79. The fourth-order valence-corrected chi connectivity index (χ4v) is 2.24. The molecule has 2 heteroatoms. The normalized spacial score (nSPS) is 30.2. The molecule has 2 fully saturated rings. The van der Waals surface area contributed by atoms with Gasteiger partial charge in [-0.15, -0.1) is 0 Å². The Balaban J connectivity index is 1.77. The van der Waals surface area contributed by atoms with E-state index in [1.165, 1.54) is 25.3 Å². The van der Waals surface area contributed by atoms with Crippen LogP contribution in [0.3, 0.4) is 0 Å². The molecule has 0 aromatic rings. The third-order valence-corrected chi connectivity index (χ3v) is 2.98. The van der Waals surface area contributed by atoms with Gasteiger partial charge in [0.15, 0.2) is 0 Å². The highest BCUT2D eigenvalue weighted by molar-refractivity contribution is 5.36. The maximum Gasteiger partial charge on any atom is 0.0618 e. The van der Waals surface area contributed by atoms with Gasteiger partial charge in [0, 0.05) is 19.7 Å². The van der Waals surface area contributed by atoms with Gasteiger partial charge in [0.05, 0.1) is 6.61 Å². The van der Waals surface area contributed by atoms with Crippen LogP contribution < -0.4 is 0 Å². The van der Waals surface area contributed by atoms with E-state index in [4.69, 9.17) is 4.74 Å². The first-order valence-corrected chi connectivity index (χ1v) is 5.33. The molecule has 1 aliphatic carbocycles. The summed E-state index contributed by atoms with van der Waals surface area (Å²) in [5, 5.41) is 0. The van der Waals surface area contributed by atoms with Crippen molar-refractivity contribution in [1.29, 1.82) is 0 Å². The van der Waals surface area contributed by atoms with Gasteiger partial charge in [0.2, 0.25) is 0 Å². The Hall–Kier alpha value is -0.0800.